The lowest BCUT2D eigenvalue weighted by Gasteiger charge is -2.19. The van der Waals surface area contributed by atoms with Crippen molar-refractivity contribution in [2.45, 2.75) is 6.92 Å². The van der Waals surface area contributed by atoms with Gasteiger partial charge in [-0.05, 0) is 31.2 Å². The molecule has 0 saturated heterocycles. The molecule has 0 amide bonds. The van der Waals surface area contributed by atoms with Crippen molar-refractivity contribution in [2.75, 3.05) is 0 Å². The molecule has 2 aromatic rings. The fraction of sp³-hybridized carbons (Fsp3) is 0.118. The van der Waals surface area contributed by atoms with Crippen molar-refractivity contribution < 1.29 is 14.3 Å². The number of hydrogen-bond donors (Lipinski definition) is 0. The van der Waals surface area contributed by atoms with E-state index in [2.05, 4.69) is 4.99 Å². The molecule has 0 radical (unpaired) electrons. The van der Waals surface area contributed by atoms with Crippen molar-refractivity contribution in [1.82, 2.24) is 0 Å². The van der Waals surface area contributed by atoms with E-state index >= 15 is 0 Å². The van der Waals surface area contributed by atoms with E-state index in [9.17, 15) is 9.59 Å². The fourth-order valence-corrected chi connectivity index (χ4v) is 2.13. The number of hydrogen-bond acceptors (Lipinski definition) is 4. The highest BCUT2D eigenvalue weighted by Crippen LogP contribution is 2.27. The van der Waals surface area contributed by atoms with Crippen molar-refractivity contribution in [1.29, 1.82) is 0 Å². The van der Waals surface area contributed by atoms with Crippen molar-refractivity contribution >= 4 is 23.7 Å². The van der Waals surface area contributed by atoms with E-state index in [1.54, 1.807) is 24.3 Å². The van der Waals surface area contributed by atoms with Crippen LogP contribution in [-0.2, 0) is 4.79 Å². The van der Waals surface area contributed by atoms with Gasteiger partial charge in [-0.2, -0.15) is 0 Å². The van der Waals surface area contributed by atoms with Gasteiger partial charge >= 0.3 is 5.97 Å². The van der Waals surface area contributed by atoms with Gasteiger partial charge in [-0.25, -0.2) is 0 Å². The van der Waals surface area contributed by atoms with Crippen molar-refractivity contribution in [3.63, 3.8) is 0 Å². The topological polar surface area (TPSA) is 55.7 Å². The molecular formula is C17H13NO3. The van der Waals surface area contributed by atoms with Crippen molar-refractivity contribution in [3.05, 3.63) is 59.7 Å². The highest BCUT2D eigenvalue weighted by molar-refractivity contribution is 6.22. The second-order valence-corrected chi connectivity index (χ2v) is 4.87. The lowest BCUT2D eigenvalue weighted by Crippen LogP contribution is -2.34. The zero-order valence-electron chi connectivity index (χ0n) is 11.4. The molecule has 2 aromatic carbocycles. The number of fused-ring (bicyclic) bond motifs is 1. The highest BCUT2D eigenvalue weighted by atomic mass is 16.5. The molecule has 4 nitrogen and oxygen atoms in total. The SMILES string of the molecule is Cc1ccc(N=CC2C(=O)Oc3ccccc3C2=O)cc1. The summed E-state index contributed by atoms with van der Waals surface area (Å²) in [7, 11) is 0. The van der Waals surface area contributed by atoms with Crippen molar-refractivity contribution in [2.24, 2.45) is 10.9 Å². The lowest BCUT2D eigenvalue weighted by molar-refractivity contribution is -0.135. The van der Waals surface area contributed by atoms with Crippen LogP contribution in [0.15, 0.2) is 53.5 Å². The first kappa shape index (κ1) is 13.2. The number of benzene rings is 2. The number of rotatable bonds is 2. The van der Waals surface area contributed by atoms with E-state index in [1.165, 1.54) is 6.21 Å². The van der Waals surface area contributed by atoms with E-state index in [-0.39, 0.29) is 5.78 Å². The molecule has 21 heavy (non-hydrogen) atoms. The quantitative estimate of drug-likeness (QED) is 0.367. The number of nitrogens with zero attached hydrogens (tertiary/aromatic N) is 1. The third kappa shape index (κ3) is 2.60. The zero-order valence-corrected chi connectivity index (χ0v) is 11.4. The number of ether oxygens (including phenoxy) is 1. The Kier molecular flexibility index (Phi) is 3.36. The van der Waals surface area contributed by atoms with E-state index in [4.69, 9.17) is 4.74 Å². The first-order valence-electron chi connectivity index (χ1n) is 6.61. The zero-order chi connectivity index (χ0) is 14.8. The lowest BCUT2D eigenvalue weighted by atomic mass is 9.95. The van der Waals surface area contributed by atoms with E-state index in [0.717, 1.165) is 5.56 Å². The average Bonchev–Trinajstić information content (AvgIpc) is 2.49. The highest BCUT2D eigenvalue weighted by Gasteiger charge is 2.34. The fourth-order valence-electron chi connectivity index (χ4n) is 2.13. The molecule has 1 heterocycles. The molecule has 1 atom stereocenters. The van der Waals surface area contributed by atoms with Gasteiger partial charge in [0.2, 0.25) is 0 Å². The number of esters is 1. The number of Topliss-reactive ketones (excluding diaryl/α,β-unsaturated/α-hetero) is 1. The van der Waals surface area contributed by atoms with Gasteiger partial charge in [-0.1, -0.05) is 29.8 Å². The Bertz CT molecular complexity index is 732. The normalized spacial score (nSPS) is 17.7. The number of para-hydroxylation sites is 1. The molecule has 0 bridgehead atoms. The summed E-state index contributed by atoms with van der Waals surface area (Å²) in [5.41, 5.74) is 2.23. The number of aryl methyl sites for hydroxylation is 1. The number of ketones is 1. The summed E-state index contributed by atoms with van der Waals surface area (Å²) in [5, 5.41) is 0. The summed E-state index contributed by atoms with van der Waals surface area (Å²) < 4.78 is 5.17. The molecule has 4 heteroatoms. The van der Waals surface area contributed by atoms with Gasteiger partial charge in [0, 0.05) is 6.21 Å². The van der Waals surface area contributed by atoms with Gasteiger partial charge in [-0.15, -0.1) is 0 Å². The summed E-state index contributed by atoms with van der Waals surface area (Å²) in [6.07, 6.45) is 1.35. The smallest absolute Gasteiger partial charge is 0.327 e. The molecule has 0 aromatic heterocycles. The number of aliphatic imine (C=N–C) groups is 1. The second kappa shape index (κ2) is 5.32. The maximum atomic E-state index is 12.3. The first-order valence-corrected chi connectivity index (χ1v) is 6.61. The standard InChI is InChI=1S/C17H13NO3/c1-11-6-8-12(9-7-11)18-10-14-16(19)13-4-2-3-5-15(13)21-17(14)20/h2-10,14H,1H3. The van der Waals surface area contributed by atoms with Crippen LogP contribution in [0.5, 0.6) is 5.75 Å². The molecule has 1 aliphatic heterocycles. The molecule has 0 aliphatic carbocycles. The molecule has 3 rings (SSSR count). The molecule has 0 spiro atoms. The Balaban J connectivity index is 1.87. The number of carbonyl (C=O) groups excluding carboxylic acids is 2. The molecule has 0 fully saturated rings. The van der Waals surface area contributed by atoms with Gasteiger partial charge in [0.05, 0.1) is 11.3 Å². The minimum atomic E-state index is -0.985. The molecule has 1 aliphatic rings. The van der Waals surface area contributed by atoms with Crippen LogP contribution in [0.25, 0.3) is 0 Å². The Morgan fingerprint density at radius 1 is 1.05 bits per heavy atom. The average molecular weight is 279 g/mol. The van der Waals surface area contributed by atoms with Crippen molar-refractivity contribution in [3.8, 4) is 5.75 Å². The largest absolute Gasteiger partial charge is 0.425 e. The van der Waals surface area contributed by atoms with Crippen LogP contribution in [0.2, 0.25) is 0 Å². The van der Waals surface area contributed by atoms with Crippen LogP contribution < -0.4 is 4.74 Å². The van der Waals surface area contributed by atoms with Crippen LogP contribution in [0, 0.1) is 12.8 Å². The van der Waals surface area contributed by atoms with Crippen LogP contribution in [0.3, 0.4) is 0 Å². The minimum Gasteiger partial charge on any atom is -0.425 e. The maximum absolute atomic E-state index is 12.3. The predicted octanol–water partition coefficient (Wildman–Crippen LogP) is 3.12. The molecule has 1 unspecified atom stereocenters. The molecule has 0 saturated carbocycles. The summed E-state index contributed by atoms with van der Waals surface area (Å²) in [4.78, 5) is 28.4. The van der Waals surface area contributed by atoms with Gasteiger partial charge in [-0.3, -0.25) is 14.6 Å². The van der Waals surface area contributed by atoms with Crippen LogP contribution >= 0.6 is 0 Å². The second-order valence-electron chi connectivity index (χ2n) is 4.87. The first-order chi connectivity index (χ1) is 10.1. The maximum Gasteiger partial charge on any atom is 0.327 e. The van der Waals surface area contributed by atoms with Gasteiger partial charge in [0.15, 0.2) is 11.7 Å². The molecule has 104 valence electrons. The Morgan fingerprint density at radius 3 is 2.52 bits per heavy atom. The molecule has 0 N–H and O–H groups in total. The van der Waals surface area contributed by atoms with E-state index < -0.39 is 11.9 Å². The van der Waals surface area contributed by atoms with E-state index in [1.807, 2.05) is 31.2 Å². The Hall–Kier alpha value is -2.75. The summed E-state index contributed by atoms with van der Waals surface area (Å²) >= 11 is 0. The van der Waals surface area contributed by atoms with Crippen LogP contribution in [-0.4, -0.2) is 18.0 Å². The van der Waals surface area contributed by atoms with Crippen LogP contribution in [0.4, 0.5) is 5.69 Å². The monoisotopic (exact) mass is 279 g/mol. The minimum absolute atomic E-state index is 0.280. The third-order valence-corrected chi connectivity index (χ3v) is 3.31. The van der Waals surface area contributed by atoms with Gasteiger partial charge in [0.1, 0.15) is 5.75 Å². The Morgan fingerprint density at radius 2 is 1.76 bits per heavy atom. The number of carbonyl (C=O) groups is 2. The summed E-state index contributed by atoms with van der Waals surface area (Å²) in [6, 6.07) is 14.2. The molecular weight excluding hydrogens is 266 g/mol. The van der Waals surface area contributed by atoms with E-state index in [0.29, 0.717) is 17.0 Å². The van der Waals surface area contributed by atoms with Crippen LogP contribution in [0.1, 0.15) is 15.9 Å². The Labute approximate surface area is 122 Å². The summed E-state index contributed by atoms with van der Waals surface area (Å²) in [5.74, 6) is -1.54. The van der Waals surface area contributed by atoms with Gasteiger partial charge < -0.3 is 4.74 Å². The summed E-state index contributed by atoms with van der Waals surface area (Å²) in [6.45, 7) is 1.98. The predicted molar refractivity (Wildman–Crippen MR) is 79.2 cm³/mol. The third-order valence-electron chi connectivity index (χ3n) is 3.31. The van der Waals surface area contributed by atoms with Gasteiger partial charge in [0.25, 0.3) is 0 Å².